The normalized spacial score (nSPS) is 11.1. The molecule has 0 aliphatic carbocycles. The molecule has 1 heterocycles. The van der Waals surface area contributed by atoms with Crippen LogP contribution in [0.2, 0.25) is 0 Å². The van der Waals surface area contributed by atoms with Crippen LogP contribution in [0.25, 0.3) is 11.1 Å². The minimum Gasteiger partial charge on any atom is -0.326 e. The predicted octanol–water partition coefficient (Wildman–Crippen LogP) is 4.31. The maximum Gasteiger partial charge on any atom is 0.0192 e. The molecule has 0 bridgehead atoms. The van der Waals surface area contributed by atoms with E-state index >= 15 is 0 Å². The molecule has 2 rings (SSSR count). The van der Waals surface area contributed by atoms with Crippen LogP contribution >= 0.6 is 11.3 Å². The van der Waals surface area contributed by atoms with Gasteiger partial charge in [0.05, 0.1) is 0 Å². The Bertz CT molecular complexity index is 494. The molecule has 0 unspecified atom stereocenters. The van der Waals surface area contributed by atoms with Crippen molar-refractivity contribution < 1.29 is 0 Å². The Kier molecular flexibility index (Phi) is 3.65. The standard InChI is InChI=1S/C15H19NS/c1-10(2)12-4-6-13(7-5-12)15-11(3)17-9-14(15)8-16/h4-7,9-10H,8,16H2,1-3H3. The summed E-state index contributed by atoms with van der Waals surface area (Å²) >= 11 is 1.78. The van der Waals surface area contributed by atoms with E-state index in [-0.39, 0.29) is 0 Å². The second-order valence-electron chi connectivity index (χ2n) is 4.67. The lowest BCUT2D eigenvalue weighted by Gasteiger charge is -2.08. The number of hydrogen-bond acceptors (Lipinski definition) is 2. The molecule has 0 spiro atoms. The summed E-state index contributed by atoms with van der Waals surface area (Å²) in [6.45, 7) is 7.22. The van der Waals surface area contributed by atoms with Crippen LogP contribution in [-0.4, -0.2) is 0 Å². The topological polar surface area (TPSA) is 26.0 Å². The van der Waals surface area contributed by atoms with E-state index in [0.717, 1.165) is 0 Å². The van der Waals surface area contributed by atoms with E-state index in [9.17, 15) is 0 Å². The first-order valence-electron chi connectivity index (χ1n) is 6.01. The summed E-state index contributed by atoms with van der Waals surface area (Å²) in [5.41, 5.74) is 11.0. The summed E-state index contributed by atoms with van der Waals surface area (Å²) in [5.74, 6) is 0.585. The SMILES string of the molecule is Cc1scc(CN)c1-c1ccc(C(C)C)cc1. The van der Waals surface area contributed by atoms with Crippen LogP contribution in [0.5, 0.6) is 0 Å². The summed E-state index contributed by atoms with van der Waals surface area (Å²) in [6, 6.07) is 8.86. The Morgan fingerprint density at radius 1 is 1.18 bits per heavy atom. The van der Waals surface area contributed by atoms with Crippen molar-refractivity contribution in [2.45, 2.75) is 33.2 Å². The molecule has 2 heteroatoms. The second kappa shape index (κ2) is 5.03. The molecule has 1 nitrogen and oxygen atoms in total. The zero-order valence-electron chi connectivity index (χ0n) is 10.7. The van der Waals surface area contributed by atoms with Gasteiger partial charge < -0.3 is 5.73 Å². The van der Waals surface area contributed by atoms with Gasteiger partial charge in [0, 0.05) is 11.4 Å². The quantitative estimate of drug-likeness (QED) is 0.857. The van der Waals surface area contributed by atoms with Crippen molar-refractivity contribution >= 4 is 11.3 Å². The Labute approximate surface area is 107 Å². The van der Waals surface area contributed by atoms with Crippen molar-refractivity contribution in [2.75, 3.05) is 0 Å². The summed E-state index contributed by atoms with van der Waals surface area (Å²) in [7, 11) is 0. The number of nitrogens with two attached hydrogens (primary N) is 1. The van der Waals surface area contributed by atoms with E-state index in [1.165, 1.54) is 27.1 Å². The third-order valence-corrected chi connectivity index (χ3v) is 4.10. The van der Waals surface area contributed by atoms with Crippen molar-refractivity contribution in [3.05, 3.63) is 45.6 Å². The first-order valence-corrected chi connectivity index (χ1v) is 6.88. The lowest BCUT2D eigenvalue weighted by Crippen LogP contribution is -1.96. The van der Waals surface area contributed by atoms with Gasteiger partial charge in [0.1, 0.15) is 0 Å². The third kappa shape index (κ3) is 2.43. The summed E-state index contributed by atoms with van der Waals surface area (Å²) < 4.78 is 0. The average molecular weight is 245 g/mol. The van der Waals surface area contributed by atoms with Crippen LogP contribution in [0, 0.1) is 6.92 Å². The van der Waals surface area contributed by atoms with Crippen LogP contribution in [0.1, 0.15) is 35.8 Å². The molecule has 0 fully saturated rings. The molecule has 0 amide bonds. The van der Waals surface area contributed by atoms with Gasteiger partial charge in [0.15, 0.2) is 0 Å². The van der Waals surface area contributed by atoms with Crippen LogP contribution in [0.15, 0.2) is 29.6 Å². The van der Waals surface area contributed by atoms with Crippen molar-refractivity contribution in [1.82, 2.24) is 0 Å². The van der Waals surface area contributed by atoms with Crippen LogP contribution in [0.4, 0.5) is 0 Å². The molecule has 90 valence electrons. The zero-order chi connectivity index (χ0) is 12.4. The average Bonchev–Trinajstić information content (AvgIpc) is 2.70. The molecule has 2 aromatic rings. The molecule has 1 aromatic carbocycles. The maximum atomic E-state index is 5.79. The lowest BCUT2D eigenvalue weighted by atomic mass is 9.97. The van der Waals surface area contributed by atoms with E-state index in [2.05, 4.69) is 50.4 Å². The Morgan fingerprint density at radius 3 is 2.35 bits per heavy atom. The van der Waals surface area contributed by atoms with Crippen molar-refractivity contribution in [3.63, 3.8) is 0 Å². The van der Waals surface area contributed by atoms with Gasteiger partial charge in [-0.15, -0.1) is 11.3 Å². The van der Waals surface area contributed by atoms with Crippen molar-refractivity contribution in [1.29, 1.82) is 0 Å². The first kappa shape index (κ1) is 12.3. The minimum atomic E-state index is 0.585. The van der Waals surface area contributed by atoms with Gasteiger partial charge in [0.2, 0.25) is 0 Å². The van der Waals surface area contributed by atoms with E-state index in [1.807, 2.05) is 0 Å². The number of rotatable bonds is 3. The van der Waals surface area contributed by atoms with E-state index < -0.39 is 0 Å². The van der Waals surface area contributed by atoms with Gasteiger partial charge in [-0.1, -0.05) is 38.1 Å². The van der Waals surface area contributed by atoms with Gasteiger partial charge in [0.25, 0.3) is 0 Å². The molecule has 0 saturated heterocycles. The third-order valence-electron chi connectivity index (χ3n) is 3.14. The number of hydrogen-bond donors (Lipinski definition) is 1. The van der Waals surface area contributed by atoms with Gasteiger partial charge in [-0.25, -0.2) is 0 Å². The van der Waals surface area contributed by atoms with Crippen molar-refractivity contribution in [2.24, 2.45) is 5.73 Å². The highest BCUT2D eigenvalue weighted by Crippen LogP contribution is 2.32. The smallest absolute Gasteiger partial charge is 0.0192 e. The summed E-state index contributed by atoms with van der Waals surface area (Å²) in [5, 5.41) is 2.17. The van der Waals surface area contributed by atoms with E-state index in [0.29, 0.717) is 12.5 Å². The number of aryl methyl sites for hydroxylation is 1. The van der Waals surface area contributed by atoms with Crippen molar-refractivity contribution in [3.8, 4) is 11.1 Å². The molecule has 1 aromatic heterocycles. The van der Waals surface area contributed by atoms with Crippen LogP contribution in [-0.2, 0) is 6.54 Å². The second-order valence-corrected chi connectivity index (χ2v) is 5.76. The fourth-order valence-corrected chi connectivity index (χ4v) is 2.98. The highest BCUT2D eigenvalue weighted by Gasteiger charge is 2.09. The van der Waals surface area contributed by atoms with Crippen LogP contribution < -0.4 is 5.73 Å². The Balaban J connectivity index is 2.42. The Morgan fingerprint density at radius 2 is 1.82 bits per heavy atom. The van der Waals surface area contributed by atoms with E-state index in [4.69, 9.17) is 5.73 Å². The van der Waals surface area contributed by atoms with Crippen LogP contribution in [0.3, 0.4) is 0 Å². The Hall–Kier alpha value is -1.12. The largest absolute Gasteiger partial charge is 0.326 e. The predicted molar refractivity (Wildman–Crippen MR) is 76.5 cm³/mol. The zero-order valence-corrected chi connectivity index (χ0v) is 11.5. The summed E-state index contributed by atoms with van der Waals surface area (Å²) in [6.07, 6.45) is 0. The number of benzene rings is 1. The van der Waals surface area contributed by atoms with Gasteiger partial charge >= 0.3 is 0 Å². The van der Waals surface area contributed by atoms with E-state index in [1.54, 1.807) is 11.3 Å². The molecule has 0 radical (unpaired) electrons. The van der Waals surface area contributed by atoms with Gasteiger partial charge in [-0.05, 0) is 40.5 Å². The maximum absolute atomic E-state index is 5.79. The molecule has 0 atom stereocenters. The monoisotopic (exact) mass is 245 g/mol. The highest BCUT2D eigenvalue weighted by atomic mass is 32.1. The summed E-state index contributed by atoms with van der Waals surface area (Å²) in [4.78, 5) is 1.35. The molecule has 0 saturated carbocycles. The number of thiophene rings is 1. The van der Waals surface area contributed by atoms with Gasteiger partial charge in [-0.3, -0.25) is 0 Å². The molecule has 0 aliphatic rings. The highest BCUT2D eigenvalue weighted by molar-refractivity contribution is 7.10. The molecular formula is C15H19NS. The van der Waals surface area contributed by atoms with Gasteiger partial charge in [-0.2, -0.15) is 0 Å². The minimum absolute atomic E-state index is 0.585. The fourth-order valence-electron chi connectivity index (χ4n) is 2.08. The lowest BCUT2D eigenvalue weighted by molar-refractivity contribution is 0.867. The first-order chi connectivity index (χ1) is 8.13. The molecule has 17 heavy (non-hydrogen) atoms. The fraction of sp³-hybridized carbons (Fsp3) is 0.333. The molecular weight excluding hydrogens is 226 g/mol. The molecule has 0 aliphatic heterocycles. The molecule has 2 N–H and O–H groups in total.